The van der Waals surface area contributed by atoms with Gasteiger partial charge in [-0.05, 0) is 38.7 Å². The third-order valence-corrected chi connectivity index (χ3v) is 7.08. The number of hydrogen-bond acceptors (Lipinski definition) is 8. The van der Waals surface area contributed by atoms with Crippen LogP contribution in [0.4, 0.5) is 11.6 Å². The number of fused-ring (bicyclic) bond motifs is 2. The average Bonchev–Trinajstić information content (AvgIpc) is 2.63. The van der Waals surface area contributed by atoms with Gasteiger partial charge in [0, 0.05) is 36.8 Å². The maximum Gasteiger partial charge on any atom is 0.189 e. The molecule has 0 saturated carbocycles. The normalized spacial score (nSPS) is 21.9. The number of sulfone groups is 1. The maximum absolute atomic E-state index is 12.2. The molecule has 0 N–H and O–H groups in total. The molecule has 2 unspecified atom stereocenters. The molecule has 2 aromatic rings. The summed E-state index contributed by atoms with van der Waals surface area (Å²) in [5, 5.41) is 0.785. The van der Waals surface area contributed by atoms with Gasteiger partial charge in [-0.25, -0.2) is 23.4 Å². The van der Waals surface area contributed by atoms with Crippen molar-refractivity contribution in [1.29, 1.82) is 0 Å². The molecule has 0 spiro atoms. The molecule has 0 radical (unpaired) electrons. The number of aryl methyl sites for hydroxylation is 1. The highest BCUT2D eigenvalue weighted by atomic mass is 32.2. The van der Waals surface area contributed by atoms with Gasteiger partial charge in [-0.2, -0.15) is 0 Å². The third-order valence-electron chi connectivity index (χ3n) is 5.41. The fraction of sp³-hybridized carbons (Fsp3) is 0.500. The second-order valence-corrected chi connectivity index (χ2v) is 9.95. The van der Waals surface area contributed by atoms with E-state index >= 15 is 0 Å². The van der Waals surface area contributed by atoms with E-state index in [2.05, 4.69) is 26.7 Å². The van der Waals surface area contributed by atoms with Crippen LogP contribution in [0, 0.1) is 13.8 Å². The van der Waals surface area contributed by atoms with Crippen molar-refractivity contribution in [2.75, 3.05) is 35.4 Å². The van der Waals surface area contributed by atoms with Crippen LogP contribution in [0.3, 0.4) is 0 Å². The number of anilines is 2. The largest absolute Gasteiger partial charge is 0.352 e. The van der Waals surface area contributed by atoms with Crippen molar-refractivity contribution in [2.45, 2.75) is 42.4 Å². The highest BCUT2D eigenvalue weighted by molar-refractivity contribution is 7.98. The summed E-state index contributed by atoms with van der Waals surface area (Å²) in [7, 11) is -3.31. The molecule has 3 saturated heterocycles. The molecule has 0 amide bonds. The smallest absolute Gasteiger partial charge is 0.189 e. The summed E-state index contributed by atoms with van der Waals surface area (Å²) >= 11 is 1.55. The molecular weight excluding hydrogens is 382 g/mol. The lowest BCUT2D eigenvalue weighted by Gasteiger charge is -2.57. The van der Waals surface area contributed by atoms with Crippen molar-refractivity contribution in [3.05, 3.63) is 29.6 Å². The van der Waals surface area contributed by atoms with Gasteiger partial charge in [-0.1, -0.05) is 11.8 Å². The molecule has 3 aliphatic rings. The minimum absolute atomic E-state index is 0.242. The molecule has 3 fully saturated rings. The van der Waals surface area contributed by atoms with Gasteiger partial charge < -0.3 is 9.80 Å². The van der Waals surface area contributed by atoms with E-state index in [-0.39, 0.29) is 12.1 Å². The van der Waals surface area contributed by atoms with Crippen molar-refractivity contribution in [1.82, 2.24) is 15.0 Å². The van der Waals surface area contributed by atoms with Crippen molar-refractivity contribution in [3.8, 4) is 0 Å². The molecule has 2 aromatic heterocycles. The van der Waals surface area contributed by atoms with Gasteiger partial charge in [0.2, 0.25) is 0 Å². The van der Waals surface area contributed by atoms with E-state index in [4.69, 9.17) is 4.98 Å². The highest BCUT2D eigenvalue weighted by Crippen LogP contribution is 2.40. The molecule has 0 aliphatic carbocycles. The van der Waals surface area contributed by atoms with E-state index in [1.54, 1.807) is 30.1 Å². The first kappa shape index (κ1) is 18.5. The highest BCUT2D eigenvalue weighted by Gasteiger charge is 2.47. The van der Waals surface area contributed by atoms with Crippen molar-refractivity contribution in [2.24, 2.45) is 0 Å². The maximum atomic E-state index is 12.2. The Morgan fingerprint density at radius 1 is 1.15 bits per heavy atom. The van der Waals surface area contributed by atoms with Crippen molar-refractivity contribution in [3.63, 3.8) is 0 Å². The van der Waals surface area contributed by atoms with Gasteiger partial charge in [-0.15, -0.1) is 0 Å². The number of pyridine rings is 1. The van der Waals surface area contributed by atoms with Gasteiger partial charge >= 0.3 is 0 Å². The fourth-order valence-corrected chi connectivity index (χ4v) is 5.20. The van der Waals surface area contributed by atoms with Gasteiger partial charge in [-0.3, -0.25) is 0 Å². The van der Waals surface area contributed by atoms with Gasteiger partial charge in [0.15, 0.2) is 15.0 Å². The zero-order valence-corrected chi connectivity index (χ0v) is 17.5. The lowest BCUT2D eigenvalue weighted by molar-refractivity contribution is 0.285. The lowest BCUT2D eigenvalue weighted by Crippen LogP contribution is -2.69. The van der Waals surface area contributed by atoms with E-state index in [0.29, 0.717) is 10.7 Å². The number of piperazine rings is 1. The molecule has 9 heteroatoms. The number of thioether (sulfide) groups is 1. The molecule has 27 heavy (non-hydrogen) atoms. The number of hydrogen-bond donors (Lipinski definition) is 0. The number of aromatic nitrogens is 3. The number of nitrogens with zero attached hydrogens (tertiary/aromatic N) is 5. The summed E-state index contributed by atoms with van der Waals surface area (Å²) in [6, 6.07) is 3.81. The number of rotatable bonds is 4. The Labute approximate surface area is 164 Å². The molecule has 5 rings (SSSR count). The van der Waals surface area contributed by atoms with Crippen molar-refractivity contribution < 1.29 is 8.42 Å². The van der Waals surface area contributed by atoms with Gasteiger partial charge in [0.25, 0.3) is 0 Å². The Bertz CT molecular complexity index is 983. The summed E-state index contributed by atoms with van der Waals surface area (Å²) in [4.78, 5) is 18.4. The van der Waals surface area contributed by atoms with Crippen LogP contribution in [0.5, 0.6) is 0 Å². The predicted molar refractivity (Wildman–Crippen MR) is 108 cm³/mol. The molecule has 7 nitrogen and oxygen atoms in total. The van der Waals surface area contributed by atoms with Crippen molar-refractivity contribution >= 4 is 33.2 Å². The molecule has 2 atom stereocenters. The van der Waals surface area contributed by atoms with Gasteiger partial charge in [0.1, 0.15) is 16.5 Å². The van der Waals surface area contributed by atoms with E-state index in [1.807, 2.05) is 13.2 Å². The Morgan fingerprint density at radius 2 is 1.85 bits per heavy atom. The van der Waals surface area contributed by atoms with Crippen LogP contribution in [0.2, 0.25) is 0 Å². The molecule has 0 aromatic carbocycles. The summed E-state index contributed by atoms with van der Waals surface area (Å²) in [5.74, 6) is 1.58. The summed E-state index contributed by atoms with van der Waals surface area (Å²) in [6.07, 6.45) is 5.94. The summed E-state index contributed by atoms with van der Waals surface area (Å²) < 4.78 is 24.3. The molecule has 5 heterocycles. The lowest BCUT2D eigenvalue weighted by atomic mass is 9.87. The first-order valence-electron chi connectivity index (χ1n) is 8.87. The first-order valence-corrected chi connectivity index (χ1v) is 12.0. The van der Waals surface area contributed by atoms with Crippen LogP contribution in [0.15, 0.2) is 28.4 Å². The standard InChI is InChI=1S/C18H23N5O2S2/c1-11-12(2)20-18(26-3)21-16(11)22-9-13-8-14(10-22)23(13)17-15(27(4,24)25)6-5-7-19-17/h5-7,13-14H,8-10H2,1-4H3. The Kier molecular flexibility index (Phi) is 4.54. The van der Waals surface area contributed by atoms with Crippen LogP contribution in [0.25, 0.3) is 0 Å². The van der Waals surface area contributed by atoms with Crippen LogP contribution < -0.4 is 9.80 Å². The first-order chi connectivity index (χ1) is 12.8. The molecule has 144 valence electrons. The Hall–Kier alpha value is -1.87. The average molecular weight is 406 g/mol. The summed E-state index contributed by atoms with van der Waals surface area (Å²) in [6.45, 7) is 5.69. The second kappa shape index (κ2) is 6.63. The minimum atomic E-state index is -3.31. The van der Waals surface area contributed by atoms with E-state index in [0.717, 1.165) is 41.7 Å². The zero-order chi connectivity index (χ0) is 19.3. The van der Waals surface area contributed by atoms with Crippen LogP contribution in [-0.4, -0.2) is 61.1 Å². The monoisotopic (exact) mass is 405 g/mol. The molecular formula is C18H23N5O2S2. The Balaban J connectivity index is 1.63. The summed E-state index contributed by atoms with van der Waals surface area (Å²) in [5.41, 5.74) is 2.11. The van der Waals surface area contributed by atoms with Gasteiger partial charge in [0.05, 0.1) is 12.1 Å². The second-order valence-electron chi connectivity index (χ2n) is 7.20. The van der Waals surface area contributed by atoms with E-state index < -0.39 is 9.84 Å². The van der Waals surface area contributed by atoms with Crippen LogP contribution in [-0.2, 0) is 9.84 Å². The van der Waals surface area contributed by atoms with E-state index in [1.165, 1.54) is 6.26 Å². The van der Waals surface area contributed by atoms with E-state index in [9.17, 15) is 8.42 Å². The van der Waals surface area contributed by atoms with Crippen LogP contribution >= 0.6 is 11.8 Å². The Morgan fingerprint density at radius 3 is 2.48 bits per heavy atom. The molecule has 2 bridgehead atoms. The zero-order valence-electron chi connectivity index (χ0n) is 15.9. The minimum Gasteiger partial charge on any atom is -0.352 e. The topological polar surface area (TPSA) is 79.3 Å². The van der Waals surface area contributed by atoms with Crippen LogP contribution in [0.1, 0.15) is 17.7 Å². The SMILES string of the molecule is CSc1nc(C)c(C)c(N2CC3CC(C2)N3c2ncccc2S(C)(=O)=O)n1. The predicted octanol–water partition coefficient (Wildman–Crippen LogP) is 2.08. The fourth-order valence-electron chi connectivity index (χ4n) is 3.98. The molecule has 3 aliphatic heterocycles. The quantitative estimate of drug-likeness (QED) is 0.565. The third kappa shape index (κ3) is 3.16. The number of piperidine rings is 1.